The number of carbonyl (C=O) groups excluding carboxylic acids is 1. The van der Waals surface area contributed by atoms with Crippen LogP contribution in [0.4, 0.5) is 0 Å². The van der Waals surface area contributed by atoms with Crippen LogP contribution >= 0.6 is 0 Å². The van der Waals surface area contributed by atoms with Gasteiger partial charge in [-0.2, -0.15) is 0 Å². The Labute approximate surface area is 101 Å². The number of allylic oxidation sites excluding steroid dienone is 1. The summed E-state index contributed by atoms with van der Waals surface area (Å²) < 4.78 is 5.33. The van der Waals surface area contributed by atoms with Crippen LogP contribution in [0, 0.1) is 0 Å². The number of nitrogens with two attached hydrogens (primary N) is 1. The fraction of sp³-hybridized carbons (Fsp3) is 0.357. The van der Waals surface area contributed by atoms with Crippen molar-refractivity contribution in [2.45, 2.75) is 25.3 Å². The summed E-state index contributed by atoms with van der Waals surface area (Å²) >= 11 is 0. The Morgan fingerprint density at radius 1 is 1.35 bits per heavy atom. The van der Waals surface area contributed by atoms with Crippen molar-refractivity contribution in [3.05, 3.63) is 47.7 Å². The molecule has 1 aliphatic rings. The van der Waals surface area contributed by atoms with Crippen LogP contribution in [0.25, 0.3) is 0 Å². The van der Waals surface area contributed by atoms with E-state index in [1.54, 1.807) is 0 Å². The third-order valence-corrected chi connectivity index (χ3v) is 2.81. The van der Waals surface area contributed by atoms with Gasteiger partial charge >= 0.3 is 0 Å². The molecular formula is C14H17NO2. The fourth-order valence-electron chi connectivity index (χ4n) is 1.87. The summed E-state index contributed by atoms with van der Waals surface area (Å²) in [6.07, 6.45) is 4.28. The third-order valence-electron chi connectivity index (χ3n) is 2.81. The minimum Gasteiger partial charge on any atom is -0.490 e. The van der Waals surface area contributed by atoms with Gasteiger partial charge in [0.1, 0.15) is 0 Å². The molecule has 0 radical (unpaired) electrons. The SMILES string of the molecule is NC(Cc1ccccc1)C(=O)C1=CCCCO1. The summed E-state index contributed by atoms with van der Waals surface area (Å²) in [4.78, 5) is 12.0. The lowest BCUT2D eigenvalue weighted by atomic mass is 10.0. The van der Waals surface area contributed by atoms with E-state index in [2.05, 4.69) is 0 Å². The Kier molecular flexibility index (Phi) is 3.94. The van der Waals surface area contributed by atoms with E-state index >= 15 is 0 Å². The first-order chi connectivity index (χ1) is 8.27. The molecule has 17 heavy (non-hydrogen) atoms. The number of Topliss-reactive ketones (excluding diaryl/α,β-unsaturated/α-hetero) is 1. The molecule has 1 aromatic carbocycles. The van der Waals surface area contributed by atoms with E-state index in [0.29, 0.717) is 18.8 Å². The highest BCUT2D eigenvalue weighted by Crippen LogP contribution is 2.13. The van der Waals surface area contributed by atoms with Crippen molar-refractivity contribution in [1.29, 1.82) is 0 Å². The number of hydrogen-bond acceptors (Lipinski definition) is 3. The molecule has 2 N–H and O–H groups in total. The summed E-state index contributed by atoms with van der Waals surface area (Å²) in [5, 5.41) is 0. The smallest absolute Gasteiger partial charge is 0.213 e. The lowest BCUT2D eigenvalue weighted by Gasteiger charge is -2.17. The molecule has 0 bridgehead atoms. The number of ketones is 1. The minimum atomic E-state index is -0.512. The van der Waals surface area contributed by atoms with Crippen LogP contribution in [-0.4, -0.2) is 18.4 Å². The first kappa shape index (κ1) is 11.9. The van der Waals surface area contributed by atoms with Gasteiger partial charge in [0.2, 0.25) is 5.78 Å². The van der Waals surface area contributed by atoms with Crippen molar-refractivity contribution >= 4 is 5.78 Å². The average Bonchev–Trinajstić information content (AvgIpc) is 2.40. The van der Waals surface area contributed by atoms with Crippen LogP contribution in [0.1, 0.15) is 18.4 Å². The highest BCUT2D eigenvalue weighted by Gasteiger charge is 2.21. The Morgan fingerprint density at radius 2 is 2.12 bits per heavy atom. The summed E-state index contributed by atoms with van der Waals surface area (Å²) in [5.74, 6) is 0.355. The van der Waals surface area contributed by atoms with E-state index in [1.165, 1.54) is 0 Å². The van der Waals surface area contributed by atoms with Gasteiger partial charge in [0.05, 0.1) is 12.6 Å². The number of rotatable bonds is 4. The Bertz CT molecular complexity index is 411. The predicted octanol–water partition coefficient (Wildman–Crippen LogP) is 1.82. The lowest BCUT2D eigenvalue weighted by molar-refractivity contribution is -0.120. The maximum Gasteiger partial charge on any atom is 0.213 e. The molecule has 2 rings (SSSR count). The zero-order chi connectivity index (χ0) is 12.1. The standard InChI is InChI=1S/C14H17NO2/c15-12(10-11-6-2-1-3-7-11)14(16)13-8-4-5-9-17-13/h1-3,6-8,12H,4-5,9-10,15H2. The van der Waals surface area contributed by atoms with E-state index in [-0.39, 0.29) is 5.78 Å². The second-order valence-corrected chi connectivity index (χ2v) is 4.22. The van der Waals surface area contributed by atoms with Gasteiger partial charge in [0.25, 0.3) is 0 Å². The second kappa shape index (κ2) is 5.64. The molecule has 0 aliphatic carbocycles. The van der Waals surface area contributed by atoms with E-state index < -0.39 is 6.04 Å². The highest BCUT2D eigenvalue weighted by molar-refractivity contribution is 5.97. The largest absolute Gasteiger partial charge is 0.490 e. The normalized spacial score (nSPS) is 16.9. The van der Waals surface area contributed by atoms with E-state index in [9.17, 15) is 4.79 Å². The molecular weight excluding hydrogens is 214 g/mol. The zero-order valence-corrected chi connectivity index (χ0v) is 9.76. The summed E-state index contributed by atoms with van der Waals surface area (Å²) in [6, 6.07) is 9.28. The second-order valence-electron chi connectivity index (χ2n) is 4.22. The van der Waals surface area contributed by atoms with Crippen molar-refractivity contribution < 1.29 is 9.53 Å². The molecule has 90 valence electrons. The molecule has 1 unspecified atom stereocenters. The fourth-order valence-corrected chi connectivity index (χ4v) is 1.87. The number of carbonyl (C=O) groups is 1. The van der Waals surface area contributed by atoms with Crippen LogP contribution < -0.4 is 5.73 Å². The number of ether oxygens (including phenoxy) is 1. The van der Waals surface area contributed by atoms with Gasteiger partial charge in [0, 0.05) is 0 Å². The van der Waals surface area contributed by atoms with E-state index in [1.807, 2.05) is 36.4 Å². The third kappa shape index (κ3) is 3.17. The van der Waals surface area contributed by atoms with E-state index in [0.717, 1.165) is 18.4 Å². The Hall–Kier alpha value is -1.61. The van der Waals surface area contributed by atoms with Crippen LogP contribution in [0.15, 0.2) is 42.2 Å². The first-order valence-electron chi connectivity index (χ1n) is 5.94. The Morgan fingerprint density at radius 3 is 2.76 bits per heavy atom. The van der Waals surface area contributed by atoms with Gasteiger partial charge in [-0.1, -0.05) is 30.3 Å². The maximum absolute atomic E-state index is 12.0. The van der Waals surface area contributed by atoms with Crippen molar-refractivity contribution in [1.82, 2.24) is 0 Å². The summed E-state index contributed by atoms with van der Waals surface area (Å²) in [7, 11) is 0. The molecule has 0 fully saturated rings. The number of hydrogen-bond donors (Lipinski definition) is 1. The summed E-state index contributed by atoms with van der Waals surface area (Å²) in [5.41, 5.74) is 6.98. The topological polar surface area (TPSA) is 52.3 Å². The molecule has 0 saturated heterocycles. The van der Waals surface area contributed by atoms with Gasteiger partial charge in [-0.05, 0) is 30.9 Å². The molecule has 0 saturated carbocycles. The zero-order valence-electron chi connectivity index (χ0n) is 9.76. The highest BCUT2D eigenvalue weighted by atomic mass is 16.5. The molecule has 1 atom stereocenters. The van der Waals surface area contributed by atoms with Crippen molar-refractivity contribution in [3.63, 3.8) is 0 Å². The van der Waals surface area contributed by atoms with Gasteiger partial charge < -0.3 is 10.5 Å². The van der Waals surface area contributed by atoms with Gasteiger partial charge in [-0.25, -0.2) is 0 Å². The molecule has 1 heterocycles. The monoisotopic (exact) mass is 231 g/mol. The quantitative estimate of drug-likeness (QED) is 0.860. The minimum absolute atomic E-state index is 0.0893. The maximum atomic E-state index is 12.0. The van der Waals surface area contributed by atoms with Crippen molar-refractivity contribution in [3.8, 4) is 0 Å². The van der Waals surface area contributed by atoms with Crippen molar-refractivity contribution in [2.75, 3.05) is 6.61 Å². The number of benzene rings is 1. The molecule has 3 heteroatoms. The predicted molar refractivity (Wildman–Crippen MR) is 66.4 cm³/mol. The molecule has 0 aromatic heterocycles. The Balaban J connectivity index is 1.98. The molecule has 1 aromatic rings. The van der Waals surface area contributed by atoms with Crippen LogP contribution in [-0.2, 0) is 16.0 Å². The van der Waals surface area contributed by atoms with E-state index in [4.69, 9.17) is 10.5 Å². The molecule has 0 amide bonds. The molecule has 0 spiro atoms. The first-order valence-corrected chi connectivity index (χ1v) is 5.94. The van der Waals surface area contributed by atoms with Gasteiger partial charge in [0.15, 0.2) is 5.76 Å². The van der Waals surface area contributed by atoms with Crippen molar-refractivity contribution in [2.24, 2.45) is 5.73 Å². The average molecular weight is 231 g/mol. The van der Waals surface area contributed by atoms with Crippen LogP contribution in [0.5, 0.6) is 0 Å². The summed E-state index contributed by atoms with van der Waals surface area (Å²) in [6.45, 7) is 0.621. The molecule has 3 nitrogen and oxygen atoms in total. The van der Waals surface area contributed by atoms with Gasteiger partial charge in [-0.3, -0.25) is 4.79 Å². The van der Waals surface area contributed by atoms with Crippen LogP contribution in [0.3, 0.4) is 0 Å². The van der Waals surface area contributed by atoms with Gasteiger partial charge in [-0.15, -0.1) is 0 Å². The lowest BCUT2D eigenvalue weighted by Crippen LogP contribution is -2.35. The molecule has 1 aliphatic heterocycles. The van der Waals surface area contributed by atoms with Crippen LogP contribution in [0.2, 0.25) is 0 Å².